The normalized spacial score (nSPS) is 24.8. The Balaban J connectivity index is 2.74. The first-order valence-electron chi connectivity index (χ1n) is 13.3. The molecule has 0 aromatic rings. The van der Waals surface area contributed by atoms with Gasteiger partial charge < -0.3 is 19.4 Å². The predicted molar refractivity (Wildman–Crippen MR) is 139 cm³/mol. The fourth-order valence-electron chi connectivity index (χ4n) is 4.67. The van der Waals surface area contributed by atoms with Crippen molar-refractivity contribution in [2.45, 2.75) is 134 Å². The van der Waals surface area contributed by atoms with Crippen LogP contribution in [0.15, 0.2) is 12.2 Å². The van der Waals surface area contributed by atoms with Crippen LogP contribution in [0, 0.1) is 11.8 Å². The Hall–Kier alpha value is -0.833. The van der Waals surface area contributed by atoms with Crippen molar-refractivity contribution in [3.8, 4) is 0 Å². The molecule has 5 nitrogen and oxygen atoms in total. The van der Waals surface area contributed by atoms with Crippen LogP contribution in [-0.2, 0) is 14.0 Å². The van der Waals surface area contributed by atoms with Crippen LogP contribution >= 0.6 is 0 Å². The maximum atomic E-state index is 15.0. The van der Waals surface area contributed by atoms with Gasteiger partial charge in [-0.1, -0.05) is 52.7 Å². The molecule has 206 valence electrons. The lowest BCUT2D eigenvalue weighted by atomic mass is 9.85. The second-order valence-electron chi connectivity index (χ2n) is 11.7. The average Bonchev–Trinajstić information content (AvgIpc) is 3.01. The van der Waals surface area contributed by atoms with Crippen molar-refractivity contribution in [1.29, 1.82) is 0 Å². The monoisotopic (exact) mass is 520 g/mol. The molecule has 1 aliphatic carbocycles. The van der Waals surface area contributed by atoms with Crippen LogP contribution in [0.5, 0.6) is 0 Å². The van der Waals surface area contributed by atoms with Gasteiger partial charge in [0.2, 0.25) is 0 Å². The molecule has 1 rings (SSSR count). The number of ether oxygens (including phenoxy) is 1. The van der Waals surface area contributed by atoms with E-state index in [-0.39, 0.29) is 35.7 Å². The van der Waals surface area contributed by atoms with Crippen molar-refractivity contribution in [3.63, 3.8) is 0 Å². The topological polar surface area (TPSA) is 76.0 Å². The second-order valence-corrected chi connectivity index (χ2v) is 16.4. The van der Waals surface area contributed by atoms with Gasteiger partial charge in [-0.3, -0.25) is 4.79 Å². The fourth-order valence-corrected chi connectivity index (χ4v) is 6.02. The van der Waals surface area contributed by atoms with Crippen LogP contribution in [0.2, 0.25) is 18.1 Å². The number of esters is 1. The number of hydrogen-bond acceptors (Lipinski definition) is 5. The van der Waals surface area contributed by atoms with Gasteiger partial charge in [0, 0.05) is 12.8 Å². The first-order chi connectivity index (χ1) is 16.2. The summed E-state index contributed by atoms with van der Waals surface area (Å²) in [5.41, 5.74) is 0. The Bertz CT molecular complexity index is 662. The third kappa shape index (κ3) is 10.2. The molecular formula is C27H50F2O5Si. The molecule has 0 radical (unpaired) electrons. The molecular weight excluding hydrogens is 470 g/mol. The van der Waals surface area contributed by atoms with E-state index >= 15 is 8.78 Å². The predicted octanol–water partition coefficient (Wildman–Crippen LogP) is 6.63. The molecule has 0 spiro atoms. The van der Waals surface area contributed by atoms with Gasteiger partial charge in [-0.15, -0.1) is 0 Å². The van der Waals surface area contributed by atoms with E-state index in [1.165, 1.54) is 7.11 Å². The molecule has 1 unspecified atom stereocenters. The van der Waals surface area contributed by atoms with Crippen molar-refractivity contribution in [2.24, 2.45) is 11.8 Å². The van der Waals surface area contributed by atoms with E-state index in [2.05, 4.69) is 25.5 Å². The van der Waals surface area contributed by atoms with Gasteiger partial charge in [0.15, 0.2) is 8.32 Å². The quantitative estimate of drug-likeness (QED) is 0.110. The molecule has 0 amide bonds. The Morgan fingerprint density at radius 3 is 2.31 bits per heavy atom. The second kappa shape index (κ2) is 14.2. The van der Waals surface area contributed by atoms with E-state index in [4.69, 9.17) is 4.43 Å². The van der Waals surface area contributed by atoms with Crippen molar-refractivity contribution < 1.29 is 33.0 Å². The van der Waals surface area contributed by atoms with Crippen LogP contribution in [0.4, 0.5) is 8.78 Å². The molecule has 8 heteroatoms. The molecule has 1 fully saturated rings. The third-order valence-electron chi connectivity index (χ3n) is 7.88. The zero-order valence-corrected chi connectivity index (χ0v) is 24.0. The number of allylic oxidation sites excluding steroid dienone is 2. The summed E-state index contributed by atoms with van der Waals surface area (Å²) in [6.45, 7) is 11.9. The molecule has 0 aromatic heterocycles. The maximum Gasteiger partial charge on any atom is 0.305 e. The Morgan fingerprint density at radius 2 is 1.74 bits per heavy atom. The summed E-state index contributed by atoms with van der Waals surface area (Å²) in [6.07, 6.45) is 5.93. The minimum absolute atomic E-state index is 0.0993. The first kappa shape index (κ1) is 32.2. The van der Waals surface area contributed by atoms with E-state index in [9.17, 15) is 15.0 Å². The van der Waals surface area contributed by atoms with Gasteiger partial charge in [0.05, 0.1) is 19.3 Å². The molecule has 0 saturated heterocycles. The van der Waals surface area contributed by atoms with Crippen molar-refractivity contribution in [3.05, 3.63) is 12.2 Å². The van der Waals surface area contributed by atoms with Crippen molar-refractivity contribution >= 4 is 14.3 Å². The fraction of sp³-hybridized carbons (Fsp3) is 0.889. The minimum atomic E-state index is -2.88. The largest absolute Gasteiger partial charge is 0.469 e. The van der Waals surface area contributed by atoms with Gasteiger partial charge in [0.25, 0.3) is 5.92 Å². The van der Waals surface area contributed by atoms with Crippen LogP contribution < -0.4 is 0 Å². The van der Waals surface area contributed by atoms with Gasteiger partial charge in [-0.05, 0) is 68.5 Å². The van der Waals surface area contributed by atoms with E-state index in [0.717, 1.165) is 6.42 Å². The Labute approximate surface area is 212 Å². The summed E-state index contributed by atoms with van der Waals surface area (Å²) in [4.78, 5) is 11.2. The lowest BCUT2D eigenvalue weighted by molar-refractivity contribution is -0.140. The van der Waals surface area contributed by atoms with E-state index < -0.39 is 32.6 Å². The molecule has 1 aliphatic rings. The molecule has 0 aromatic carbocycles. The highest BCUT2D eigenvalue weighted by atomic mass is 28.4. The molecule has 1 saturated carbocycles. The summed E-state index contributed by atoms with van der Waals surface area (Å²) in [5, 5.41) is 20.9. The molecule has 0 bridgehead atoms. The number of hydrogen-bond donors (Lipinski definition) is 2. The number of alkyl halides is 2. The number of rotatable bonds is 15. The maximum absolute atomic E-state index is 15.0. The number of methoxy groups -OCH3 is 1. The van der Waals surface area contributed by atoms with Crippen LogP contribution in [0.3, 0.4) is 0 Å². The number of carbonyl (C=O) groups excluding carboxylic acids is 1. The lowest BCUT2D eigenvalue weighted by Gasteiger charge is -2.41. The van der Waals surface area contributed by atoms with Gasteiger partial charge >= 0.3 is 5.97 Å². The third-order valence-corrected chi connectivity index (χ3v) is 12.4. The number of carbonyl (C=O) groups is 1. The molecule has 2 N–H and O–H groups in total. The highest BCUT2D eigenvalue weighted by Crippen LogP contribution is 2.43. The van der Waals surface area contributed by atoms with Crippen LogP contribution in [0.25, 0.3) is 0 Å². The van der Waals surface area contributed by atoms with E-state index in [0.29, 0.717) is 44.9 Å². The standard InChI is InChI=1S/C27H50F2O5Si/c1-8-18-27(28,29)24(34-35(6,7)26(2,3)4)16-13-15-21-20(22(30)19-23(21)31)14-11-9-10-12-17-25(32)33-5/h9,11,20-24,30-31H,8,10,12-19H2,1-7H3/b11-9-/t20-,21-,22+,23-,24?/m1/s1. The van der Waals surface area contributed by atoms with E-state index in [1.54, 1.807) is 6.92 Å². The number of unbranched alkanes of at least 4 members (excludes halogenated alkanes) is 1. The van der Waals surface area contributed by atoms with E-state index in [1.807, 2.05) is 25.2 Å². The summed E-state index contributed by atoms with van der Waals surface area (Å²) in [7, 11) is -0.999. The molecule has 0 heterocycles. The molecule has 35 heavy (non-hydrogen) atoms. The SMILES string of the molecule is CCCC(F)(F)C(CCC[C@@H]1[C@@H](C/C=C\CCCC(=O)OC)[C@@H](O)C[C@H]1O)O[Si](C)(C)C(C)(C)C. The zero-order chi connectivity index (χ0) is 26.9. The van der Waals surface area contributed by atoms with Crippen molar-refractivity contribution in [2.75, 3.05) is 7.11 Å². The smallest absolute Gasteiger partial charge is 0.305 e. The highest BCUT2D eigenvalue weighted by Gasteiger charge is 2.47. The van der Waals surface area contributed by atoms with Gasteiger partial charge in [-0.25, -0.2) is 8.78 Å². The summed E-state index contributed by atoms with van der Waals surface area (Å²) >= 11 is 0. The Kier molecular flexibility index (Phi) is 13.1. The molecule has 5 atom stereocenters. The minimum Gasteiger partial charge on any atom is -0.469 e. The first-order valence-corrected chi connectivity index (χ1v) is 16.2. The van der Waals surface area contributed by atoms with Crippen LogP contribution in [-0.4, -0.2) is 55.8 Å². The highest BCUT2D eigenvalue weighted by molar-refractivity contribution is 6.74. The van der Waals surface area contributed by atoms with Gasteiger partial charge in [-0.2, -0.15) is 0 Å². The van der Waals surface area contributed by atoms with Crippen LogP contribution in [0.1, 0.15) is 91.9 Å². The number of halogens is 2. The summed E-state index contributed by atoms with van der Waals surface area (Å²) in [5.74, 6) is -3.34. The zero-order valence-electron chi connectivity index (χ0n) is 23.0. The Morgan fingerprint density at radius 1 is 1.11 bits per heavy atom. The van der Waals surface area contributed by atoms with Gasteiger partial charge in [0.1, 0.15) is 6.10 Å². The number of aliphatic hydroxyl groups excluding tert-OH is 2. The lowest BCUT2D eigenvalue weighted by Crippen LogP contribution is -2.49. The summed E-state index contributed by atoms with van der Waals surface area (Å²) < 4.78 is 40.9. The summed E-state index contributed by atoms with van der Waals surface area (Å²) in [6, 6.07) is 0. The molecule has 0 aliphatic heterocycles. The average molecular weight is 521 g/mol. The van der Waals surface area contributed by atoms with Crippen molar-refractivity contribution in [1.82, 2.24) is 0 Å². The number of aliphatic hydroxyl groups is 2.